The lowest BCUT2D eigenvalue weighted by Crippen LogP contribution is -2.39. The summed E-state index contributed by atoms with van der Waals surface area (Å²) >= 11 is 5.98. The van der Waals surface area contributed by atoms with Gasteiger partial charge in [0.2, 0.25) is 10.0 Å². The maximum absolute atomic E-state index is 12.3. The number of carbonyl (C=O) groups is 1. The molecule has 1 amide bonds. The van der Waals surface area contributed by atoms with Crippen molar-refractivity contribution in [3.63, 3.8) is 0 Å². The number of hydrogen-bond acceptors (Lipinski definition) is 5. The number of halogens is 1. The molecular formula is C25H26ClN3O4S. The first-order valence-electron chi connectivity index (χ1n) is 10.6. The first-order valence-corrected chi connectivity index (χ1v) is 12.8. The fourth-order valence-corrected chi connectivity index (χ4v) is 4.16. The molecule has 0 aliphatic heterocycles. The van der Waals surface area contributed by atoms with Crippen LogP contribution in [-0.4, -0.2) is 33.3 Å². The summed E-state index contributed by atoms with van der Waals surface area (Å²) < 4.78 is 31.2. The molecule has 0 saturated carbocycles. The lowest BCUT2D eigenvalue weighted by molar-refractivity contribution is -0.119. The number of rotatable bonds is 10. The van der Waals surface area contributed by atoms with Gasteiger partial charge in [0.15, 0.2) is 0 Å². The smallest absolute Gasteiger partial charge is 0.260 e. The molecule has 0 bridgehead atoms. The molecule has 0 aliphatic rings. The predicted molar refractivity (Wildman–Crippen MR) is 136 cm³/mol. The Morgan fingerprint density at radius 3 is 2.38 bits per heavy atom. The minimum atomic E-state index is -3.64. The van der Waals surface area contributed by atoms with Gasteiger partial charge < -0.3 is 4.74 Å². The van der Waals surface area contributed by atoms with Crippen LogP contribution in [0.5, 0.6) is 5.75 Å². The number of nitrogens with zero attached hydrogens (tertiary/aromatic N) is 2. The van der Waals surface area contributed by atoms with Crippen molar-refractivity contribution >= 4 is 39.4 Å². The van der Waals surface area contributed by atoms with Gasteiger partial charge in [-0.1, -0.05) is 42.8 Å². The van der Waals surface area contributed by atoms with Gasteiger partial charge in [-0.15, -0.1) is 0 Å². The van der Waals surface area contributed by atoms with Crippen LogP contribution in [0, 0.1) is 0 Å². The Morgan fingerprint density at radius 2 is 1.76 bits per heavy atom. The fourth-order valence-electron chi connectivity index (χ4n) is 3.09. The van der Waals surface area contributed by atoms with Crippen LogP contribution in [0.3, 0.4) is 0 Å². The molecule has 0 aromatic heterocycles. The van der Waals surface area contributed by atoms with Gasteiger partial charge in [0.25, 0.3) is 5.91 Å². The van der Waals surface area contributed by atoms with E-state index in [0.717, 1.165) is 33.7 Å². The number of anilines is 1. The predicted octanol–water partition coefficient (Wildman–Crippen LogP) is 4.40. The van der Waals surface area contributed by atoms with Crippen LogP contribution >= 0.6 is 11.6 Å². The van der Waals surface area contributed by atoms with Crippen LogP contribution in [-0.2, 0) is 27.8 Å². The SMILES string of the molecule is CCc1ccc(N(CC(=O)N/N=C\c2ccc(OCc3cccc(Cl)c3)cc2)S(C)(=O)=O)cc1. The zero-order valence-corrected chi connectivity index (χ0v) is 20.5. The molecule has 34 heavy (non-hydrogen) atoms. The maximum atomic E-state index is 12.3. The summed E-state index contributed by atoms with van der Waals surface area (Å²) in [6, 6.07) is 21.7. The molecule has 3 aromatic rings. The number of amides is 1. The summed E-state index contributed by atoms with van der Waals surface area (Å²) in [7, 11) is -3.64. The van der Waals surface area contributed by atoms with E-state index in [1.807, 2.05) is 37.3 Å². The standard InChI is InChI=1S/C25H26ClN3O4S/c1-3-19-7-11-23(12-8-19)29(34(2,31)32)17-25(30)28-27-16-20-9-13-24(14-10-20)33-18-21-5-4-6-22(26)15-21/h4-16H,3,17-18H2,1-2H3,(H,28,30)/b27-16-. The molecule has 3 aromatic carbocycles. The minimum Gasteiger partial charge on any atom is -0.489 e. The van der Waals surface area contributed by atoms with Gasteiger partial charge >= 0.3 is 0 Å². The highest BCUT2D eigenvalue weighted by Gasteiger charge is 2.20. The fraction of sp³-hybridized carbons (Fsp3) is 0.200. The van der Waals surface area contributed by atoms with Crippen molar-refractivity contribution in [2.45, 2.75) is 20.0 Å². The van der Waals surface area contributed by atoms with E-state index in [1.54, 1.807) is 42.5 Å². The third-order valence-corrected chi connectivity index (χ3v) is 6.27. The summed E-state index contributed by atoms with van der Waals surface area (Å²) in [6.07, 6.45) is 3.37. The van der Waals surface area contributed by atoms with E-state index in [2.05, 4.69) is 10.5 Å². The van der Waals surface area contributed by atoms with Crippen LogP contribution in [0.2, 0.25) is 5.02 Å². The normalized spacial score (nSPS) is 11.4. The Balaban J connectivity index is 1.54. The number of nitrogens with one attached hydrogen (secondary N) is 1. The summed E-state index contributed by atoms with van der Waals surface area (Å²) in [6.45, 7) is 2.02. The molecule has 0 spiro atoms. The van der Waals surface area contributed by atoms with Gasteiger partial charge in [-0.2, -0.15) is 5.10 Å². The molecule has 178 valence electrons. The van der Waals surface area contributed by atoms with E-state index in [1.165, 1.54) is 6.21 Å². The van der Waals surface area contributed by atoms with Crippen LogP contribution in [0.25, 0.3) is 0 Å². The number of ether oxygens (including phenoxy) is 1. The molecule has 9 heteroatoms. The summed E-state index contributed by atoms with van der Waals surface area (Å²) in [5.74, 6) is 0.127. The first kappa shape index (κ1) is 25.3. The summed E-state index contributed by atoms with van der Waals surface area (Å²) in [5, 5.41) is 4.59. The Labute approximate surface area is 205 Å². The number of aryl methyl sites for hydroxylation is 1. The third kappa shape index (κ3) is 7.60. The molecule has 0 fully saturated rings. The van der Waals surface area contributed by atoms with E-state index in [4.69, 9.17) is 16.3 Å². The van der Waals surface area contributed by atoms with E-state index < -0.39 is 15.9 Å². The number of hydrogen-bond donors (Lipinski definition) is 1. The summed E-state index contributed by atoms with van der Waals surface area (Å²) in [4.78, 5) is 12.3. The van der Waals surface area contributed by atoms with Crippen LogP contribution in [0.1, 0.15) is 23.6 Å². The first-order chi connectivity index (χ1) is 16.2. The zero-order valence-electron chi connectivity index (χ0n) is 18.9. The Hall–Kier alpha value is -3.36. The van der Waals surface area contributed by atoms with Crippen LogP contribution < -0.4 is 14.5 Å². The summed E-state index contributed by atoms with van der Waals surface area (Å²) in [5.41, 5.74) is 5.58. The molecular weight excluding hydrogens is 474 g/mol. The van der Waals surface area contributed by atoms with E-state index >= 15 is 0 Å². The van der Waals surface area contributed by atoms with Gasteiger partial charge in [0, 0.05) is 5.02 Å². The number of benzene rings is 3. The molecule has 0 saturated heterocycles. The Kier molecular flexibility index (Phi) is 8.67. The topological polar surface area (TPSA) is 88.1 Å². The lowest BCUT2D eigenvalue weighted by atomic mass is 10.1. The molecule has 0 atom stereocenters. The molecule has 0 radical (unpaired) electrons. The Morgan fingerprint density at radius 1 is 1.06 bits per heavy atom. The maximum Gasteiger partial charge on any atom is 0.260 e. The third-order valence-electron chi connectivity index (χ3n) is 4.90. The number of sulfonamides is 1. The van der Waals surface area contributed by atoms with Gasteiger partial charge in [-0.25, -0.2) is 13.8 Å². The highest BCUT2D eigenvalue weighted by Crippen LogP contribution is 2.19. The zero-order chi connectivity index (χ0) is 24.6. The minimum absolute atomic E-state index is 0.377. The monoisotopic (exact) mass is 499 g/mol. The van der Waals surface area contributed by atoms with E-state index in [0.29, 0.717) is 23.1 Å². The van der Waals surface area contributed by atoms with Gasteiger partial charge in [0.05, 0.1) is 18.2 Å². The molecule has 0 heterocycles. The lowest BCUT2D eigenvalue weighted by Gasteiger charge is -2.21. The average Bonchev–Trinajstić information content (AvgIpc) is 2.81. The number of hydrazone groups is 1. The van der Waals surface area contributed by atoms with Crippen molar-refractivity contribution < 1.29 is 17.9 Å². The van der Waals surface area contributed by atoms with Crippen molar-refractivity contribution in [1.29, 1.82) is 0 Å². The highest BCUT2D eigenvalue weighted by molar-refractivity contribution is 7.92. The van der Waals surface area contributed by atoms with Crippen molar-refractivity contribution in [3.8, 4) is 5.75 Å². The van der Waals surface area contributed by atoms with Crippen LogP contribution in [0.4, 0.5) is 5.69 Å². The number of carbonyl (C=O) groups excluding carboxylic acids is 1. The quantitative estimate of drug-likeness (QED) is 0.331. The molecule has 3 rings (SSSR count). The second kappa shape index (κ2) is 11.7. The molecule has 0 aliphatic carbocycles. The van der Waals surface area contributed by atoms with Gasteiger partial charge in [-0.3, -0.25) is 9.10 Å². The average molecular weight is 500 g/mol. The highest BCUT2D eigenvalue weighted by atomic mass is 35.5. The Bertz CT molecular complexity index is 1240. The van der Waals surface area contributed by atoms with Crippen molar-refractivity contribution in [1.82, 2.24) is 5.43 Å². The molecule has 7 nitrogen and oxygen atoms in total. The molecule has 0 unspecified atom stereocenters. The largest absolute Gasteiger partial charge is 0.489 e. The van der Waals surface area contributed by atoms with Crippen molar-refractivity contribution in [2.75, 3.05) is 17.1 Å². The van der Waals surface area contributed by atoms with E-state index in [-0.39, 0.29) is 6.54 Å². The van der Waals surface area contributed by atoms with Gasteiger partial charge in [-0.05, 0) is 71.6 Å². The second-order valence-corrected chi connectivity index (χ2v) is 9.91. The van der Waals surface area contributed by atoms with E-state index in [9.17, 15) is 13.2 Å². The van der Waals surface area contributed by atoms with Crippen molar-refractivity contribution in [2.24, 2.45) is 5.10 Å². The van der Waals surface area contributed by atoms with Crippen LogP contribution in [0.15, 0.2) is 77.9 Å². The molecule has 1 N–H and O–H groups in total. The second-order valence-electron chi connectivity index (χ2n) is 7.57. The van der Waals surface area contributed by atoms with Crippen molar-refractivity contribution in [3.05, 3.63) is 94.5 Å². The van der Waals surface area contributed by atoms with Gasteiger partial charge in [0.1, 0.15) is 18.9 Å².